The Hall–Kier alpha value is -2.74. The number of amides is 1. The van der Waals surface area contributed by atoms with E-state index in [2.05, 4.69) is 15.3 Å². The van der Waals surface area contributed by atoms with Gasteiger partial charge >= 0.3 is 0 Å². The smallest absolute Gasteiger partial charge is 0.251 e. The summed E-state index contributed by atoms with van der Waals surface area (Å²) in [5.41, 5.74) is 2.97. The van der Waals surface area contributed by atoms with Gasteiger partial charge in [-0.3, -0.25) is 4.79 Å². The summed E-state index contributed by atoms with van der Waals surface area (Å²) in [5, 5.41) is 3.85. The lowest BCUT2D eigenvalue weighted by Crippen LogP contribution is -2.35. The maximum atomic E-state index is 12.3. The standard InChI is InChI=1S/C18H20N4O3S/c1-12-10-16(21-18(19-12)22(2)3)13-4-6-14(7-5-13)17(23)20-15-8-9-26(24,25)11-15/h4-10,15H,11H2,1-3H3,(H,20,23)/t15-/m1/s1. The number of hydrogen-bond donors (Lipinski definition) is 1. The number of anilines is 1. The quantitative estimate of drug-likeness (QED) is 0.876. The van der Waals surface area contributed by atoms with Gasteiger partial charge in [0, 0.05) is 36.3 Å². The van der Waals surface area contributed by atoms with Crippen LogP contribution < -0.4 is 10.2 Å². The Balaban J connectivity index is 1.76. The first-order valence-electron chi connectivity index (χ1n) is 8.09. The van der Waals surface area contributed by atoms with Gasteiger partial charge in [0.1, 0.15) is 0 Å². The molecular formula is C18H20N4O3S. The molecule has 3 rings (SSSR count). The van der Waals surface area contributed by atoms with Crippen LogP contribution in [0.25, 0.3) is 11.3 Å². The Morgan fingerprint density at radius 2 is 1.88 bits per heavy atom. The van der Waals surface area contributed by atoms with Crippen molar-refractivity contribution in [2.75, 3.05) is 24.7 Å². The molecule has 0 spiro atoms. The van der Waals surface area contributed by atoms with Gasteiger partial charge in [0.25, 0.3) is 5.91 Å². The van der Waals surface area contributed by atoms with Crippen LogP contribution in [0.1, 0.15) is 16.1 Å². The van der Waals surface area contributed by atoms with Crippen LogP contribution in [0.5, 0.6) is 0 Å². The van der Waals surface area contributed by atoms with Crippen molar-refractivity contribution in [1.29, 1.82) is 0 Å². The minimum Gasteiger partial charge on any atom is -0.347 e. The molecular weight excluding hydrogens is 352 g/mol. The Morgan fingerprint density at radius 1 is 1.19 bits per heavy atom. The van der Waals surface area contributed by atoms with Crippen molar-refractivity contribution in [1.82, 2.24) is 15.3 Å². The second kappa shape index (κ2) is 6.87. The predicted molar refractivity (Wildman–Crippen MR) is 101 cm³/mol. The molecule has 0 saturated heterocycles. The minimum atomic E-state index is -3.19. The third kappa shape index (κ3) is 4.08. The number of nitrogens with zero attached hydrogens (tertiary/aromatic N) is 3. The van der Waals surface area contributed by atoms with Gasteiger partial charge in [-0.1, -0.05) is 12.1 Å². The van der Waals surface area contributed by atoms with Gasteiger partial charge in [-0.05, 0) is 31.2 Å². The number of benzene rings is 1. The summed E-state index contributed by atoms with van der Waals surface area (Å²) < 4.78 is 22.8. The average Bonchev–Trinajstić information content (AvgIpc) is 2.93. The molecule has 0 fully saturated rings. The highest BCUT2D eigenvalue weighted by atomic mass is 32.2. The van der Waals surface area contributed by atoms with Gasteiger partial charge in [-0.2, -0.15) is 0 Å². The first-order valence-corrected chi connectivity index (χ1v) is 9.80. The third-order valence-corrected chi connectivity index (χ3v) is 5.33. The third-order valence-electron chi connectivity index (χ3n) is 3.93. The molecule has 1 amide bonds. The molecule has 2 aromatic rings. The molecule has 0 radical (unpaired) electrons. The lowest BCUT2D eigenvalue weighted by Gasteiger charge is -2.13. The molecule has 1 aliphatic rings. The molecule has 136 valence electrons. The van der Waals surface area contributed by atoms with E-state index in [0.717, 1.165) is 22.4 Å². The van der Waals surface area contributed by atoms with Crippen LogP contribution in [0.15, 0.2) is 41.8 Å². The lowest BCUT2D eigenvalue weighted by atomic mass is 10.1. The fourth-order valence-electron chi connectivity index (χ4n) is 2.61. The first kappa shape index (κ1) is 18.1. The molecule has 7 nitrogen and oxygen atoms in total. The van der Waals surface area contributed by atoms with Gasteiger partial charge in [0.2, 0.25) is 5.95 Å². The zero-order valence-corrected chi connectivity index (χ0v) is 15.6. The van der Waals surface area contributed by atoms with Crippen LogP contribution >= 0.6 is 0 Å². The summed E-state index contributed by atoms with van der Waals surface area (Å²) in [5.74, 6) is 0.219. The van der Waals surface area contributed by atoms with E-state index >= 15 is 0 Å². The van der Waals surface area contributed by atoms with Crippen LogP contribution in [0.3, 0.4) is 0 Å². The van der Waals surface area contributed by atoms with E-state index in [1.165, 1.54) is 6.08 Å². The molecule has 0 unspecified atom stereocenters. The lowest BCUT2D eigenvalue weighted by molar-refractivity contribution is 0.0947. The van der Waals surface area contributed by atoms with Crippen LogP contribution in [0, 0.1) is 6.92 Å². The van der Waals surface area contributed by atoms with E-state index in [9.17, 15) is 13.2 Å². The molecule has 26 heavy (non-hydrogen) atoms. The fraction of sp³-hybridized carbons (Fsp3) is 0.278. The number of aryl methyl sites for hydroxylation is 1. The van der Waals surface area contributed by atoms with Crippen LogP contribution in [0.2, 0.25) is 0 Å². The van der Waals surface area contributed by atoms with E-state index in [-0.39, 0.29) is 11.7 Å². The second-order valence-electron chi connectivity index (χ2n) is 6.40. The Morgan fingerprint density at radius 3 is 2.46 bits per heavy atom. The maximum absolute atomic E-state index is 12.3. The van der Waals surface area contributed by atoms with Gasteiger partial charge in [0.15, 0.2) is 9.84 Å². The Bertz CT molecular complexity index is 966. The van der Waals surface area contributed by atoms with E-state index < -0.39 is 15.9 Å². The highest BCUT2D eigenvalue weighted by molar-refractivity contribution is 7.94. The summed E-state index contributed by atoms with van der Waals surface area (Å²) in [6, 6.07) is 8.43. The minimum absolute atomic E-state index is 0.0929. The molecule has 1 aromatic carbocycles. The summed E-state index contributed by atoms with van der Waals surface area (Å²) in [4.78, 5) is 23.0. The summed E-state index contributed by atoms with van der Waals surface area (Å²) in [7, 11) is 0.563. The maximum Gasteiger partial charge on any atom is 0.251 e. The zero-order chi connectivity index (χ0) is 18.9. The monoisotopic (exact) mass is 372 g/mol. The van der Waals surface area contributed by atoms with Crippen molar-refractivity contribution >= 4 is 21.7 Å². The van der Waals surface area contributed by atoms with E-state index in [4.69, 9.17) is 0 Å². The van der Waals surface area contributed by atoms with Crippen molar-refractivity contribution in [2.24, 2.45) is 0 Å². The van der Waals surface area contributed by atoms with Crippen molar-refractivity contribution < 1.29 is 13.2 Å². The van der Waals surface area contributed by atoms with Crippen LogP contribution in [0.4, 0.5) is 5.95 Å². The van der Waals surface area contributed by atoms with Gasteiger partial charge in [-0.15, -0.1) is 0 Å². The molecule has 0 saturated carbocycles. The number of carbonyl (C=O) groups excluding carboxylic acids is 1. The molecule has 1 N–H and O–H groups in total. The van der Waals surface area contributed by atoms with Crippen molar-refractivity contribution in [3.8, 4) is 11.3 Å². The van der Waals surface area contributed by atoms with Gasteiger partial charge in [-0.25, -0.2) is 18.4 Å². The number of aromatic nitrogens is 2. The molecule has 1 aromatic heterocycles. The van der Waals surface area contributed by atoms with E-state index in [1.807, 2.05) is 44.1 Å². The highest BCUT2D eigenvalue weighted by Gasteiger charge is 2.23. The van der Waals surface area contributed by atoms with Gasteiger partial charge < -0.3 is 10.2 Å². The number of sulfone groups is 1. The van der Waals surface area contributed by atoms with Crippen molar-refractivity contribution in [3.63, 3.8) is 0 Å². The SMILES string of the molecule is Cc1cc(-c2ccc(C(=O)N[C@@H]3C=CS(=O)(=O)C3)cc2)nc(N(C)C)n1. The fourth-order valence-corrected chi connectivity index (χ4v) is 3.85. The van der Waals surface area contributed by atoms with Crippen LogP contribution in [-0.4, -0.2) is 50.2 Å². The topological polar surface area (TPSA) is 92.3 Å². The molecule has 0 bridgehead atoms. The Kier molecular flexibility index (Phi) is 4.78. The van der Waals surface area contributed by atoms with E-state index in [1.54, 1.807) is 12.1 Å². The average molecular weight is 372 g/mol. The number of hydrogen-bond acceptors (Lipinski definition) is 6. The highest BCUT2D eigenvalue weighted by Crippen LogP contribution is 2.21. The predicted octanol–water partition coefficient (Wildman–Crippen LogP) is 1.56. The first-order chi connectivity index (χ1) is 12.2. The molecule has 2 heterocycles. The second-order valence-corrected chi connectivity index (χ2v) is 8.34. The number of carbonyl (C=O) groups is 1. The normalized spacial score (nSPS) is 17.9. The van der Waals surface area contributed by atoms with Crippen molar-refractivity contribution in [2.45, 2.75) is 13.0 Å². The molecule has 8 heteroatoms. The van der Waals surface area contributed by atoms with Crippen LogP contribution in [-0.2, 0) is 9.84 Å². The summed E-state index contributed by atoms with van der Waals surface area (Å²) >= 11 is 0. The van der Waals surface area contributed by atoms with E-state index in [0.29, 0.717) is 11.5 Å². The summed E-state index contributed by atoms with van der Waals surface area (Å²) in [6.07, 6.45) is 1.49. The summed E-state index contributed by atoms with van der Waals surface area (Å²) in [6.45, 7) is 1.91. The molecule has 1 atom stereocenters. The number of rotatable bonds is 4. The van der Waals surface area contributed by atoms with Crippen molar-refractivity contribution in [3.05, 3.63) is 53.1 Å². The number of nitrogens with one attached hydrogen (secondary N) is 1. The van der Waals surface area contributed by atoms with Gasteiger partial charge in [0.05, 0.1) is 17.5 Å². The molecule has 0 aliphatic carbocycles. The zero-order valence-electron chi connectivity index (χ0n) is 14.8. The Labute approximate surface area is 152 Å². The largest absolute Gasteiger partial charge is 0.347 e. The molecule has 1 aliphatic heterocycles.